The SMILES string of the molecule is O=C1c2[nH]nc(-c3ccc(Cl)cc3)c2C(c2cccc([N+](=O)[O-])c2)N1Cc1ccccc1Cl. The van der Waals surface area contributed by atoms with Crippen molar-refractivity contribution in [3.05, 3.63) is 115 Å². The summed E-state index contributed by atoms with van der Waals surface area (Å²) in [6, 6.07) is 20.2. The maximum absolute atomic E-state index is 13.5. The summed E-state index contributed by atoms with van der Waals surface area (Å²) in [6.07, 6.45) is 0. The van der Waals surface area contributed by atoms with Crippen LogP contribution in [-0.2, 0) is 6.54 Å². The Morgan fingerprint density at radius 2 is 1.79 bits per heavy atom. The number of H-pyrrole nitrogens is 1. The molecule has 0 spiro atoms. The molecule has 1 aromatic heterocycles. The van der Waals surface area contributed by atoms with Crippen molar-refractivity contribution < 1.29 is 9.72 Å². The van der Waals surface area contributed by atoms with Gasteiger partial charge in [-0.3, -0.25) is 20.0 Å². The van der Waals surface area contributed by atoms with Crippen molar-refractivity contribution in [1.82, 2.24) is 15.1 Å². The van der Waals surface area contributed by atoms with Crippen LogP contribution in [0.15, 0.2) is 72.8 Å². The fourth-order valence-electron chi connectivity index (χ4n) is 4.15. The topological polar surface area (TPSA) is 92.1 Å². The number of carbonyl (C=O) groups is 1. The van der Waals surface area contributed by atoms with E-state index in [0.717, 1.165) is 11.1 Å². The lowest BCUT2D eigenvalue weighted by atomic mass is 9.95. The van der Waals surface area contributed by atoms with E-state index in [1.165, 1.54) is 12.1 Å². The minimum absolute atomic E-state index is 0.0531. The van der Waals surface area contributed by atoms with Crippen LogP contribution in [0.2, 0.25) is 10.0 Å². The molecule has 0 fully saturated rings. The summed E-state index contributed by atoms with van der Waals surface area (Å²) < 4.78 is 0. The highest BCUT2D eigenvalue weighted by Crippen LogP contribution is 2.44. The molecule has 0 aliphatic carbocycles. The molecule has 9 heteroatoms. The van der Waals surface area contributed by atoms with E-state index in [1.54, 1.807) is 35.2 Å². The van der Waals surface area contributed by atoms with E-state index in [2.05, 4.69) is 10.2 Å². The molecule has 164 valence electrons. The summed E-state index contributed by atoms with van der Waals surface area (Å²) in [7, 11) is 0. The second-order valence-corrected chi connectivity index (χ2v) is 8.49. The highest BCUT2D eigenvalue weighted by molar-refractivity contribution is 6.31. The van der Waals surface area contributed by atoms with Gasteiger partial charge >= 0.3 is 0 Å². The molecule has 3 aromatic carbocycles. The zero-order valence-electron chi connectivity index (χ0n) is 17.0. The summed E-state index contributed by atoms with van der Waals surface area (Å²) in [5.41, 5.74) is 3.71. The zero-order chi connectivity index (χ0) is 23.1. The molecule has 1 aliphatic heterocycles. The quantitative estimate of drug-likeness (QED) is 0.279. The van der Waals surface area contributed by atoms with E-state index in [4.69, 9.17) is 23.2 Å². The molecule has 7 nitrogen and oxygen atoms in total. The summed E-state index contributed by atoms with van der Waals surface area (Å²) in [4.78, 5) is 26.1. The van der Waals surface area contributed by atoms with Crippen molar-refractivity contribution in [2.45, 2.75) is 12.6 Å². The maximum atomic E-state index is 13.5. The summed E-state index contributed by atoms with van der Waals surface area (Å²) in [5.74, 6) is -0.255. The predicted octanol–water partition coefficient (Wildman–Crippen LogP) is 6.04. The van der Waals surface area contributed by atoms with Crippen molar-refractivity contribution in [1.29, 1.82) is 0 Å². The minimum Gasteiger partial charge on any atom is -0.322 e. The molecule has 0 bridgehead atoms. The number of halogens is 2. The number of nitrogens with one attached hydrogen (secondary N) is 1. The molecule has 0 saturated heterocycles. The smallest absolute Gasteiger partial charge is 0.273 e. The van der Waals surface area contributed by atoms with Crippen molar-refractivity contribution in [3.8, 4) is 11.3 Å². The van der Waals surface area contributed by atoms with Crippen LogP contribution in [0, 0.1) is 10.1 Å². The molecule has 1 N–H and O–H groups in total. The Morgan fingerprint density at radius 1 is 1.03 bits per heavy atom. The lowest BCUT2D eigenvalue weighted by Gasteiger charge is -2.26. The average molecular weight is 479 g/mol. The number of non-ortho nitro benzene ring substituents is 1. The molecule has 0 radical (unpaired) electrons. The van der Waals surface area contributed by atoms with E-state index >= 15 is 0 Å². The van der Waals surface area contributed by atoms with Gasteiger partial charge in [-0.2, -0.15) is 5.10 Å². The molecule has 1 amide bonds. The number of aromatic amines is 1. The Kier molecular flexibility index (Phi) is 5.36. The number of nitro groups is 1. The van der Waals surface area contributed by atoms with Gasteiger partial charge in [0.25, 0.3) is 11.6 Å². The third kappa shape index (κ3) is 3.75. The first-order valence-electron chi connectivity index (χ1n) is 10.1. The first-order chi connectivity index (χ1) is 15.9. The number of rotatable bonds is 5. The third-order valence-electron chi connectivity index (χ3n) is 5.68. The number of aromatic nitrogens is 2. The molecular weight excluding hydrogens is 463 g/mol. The van der Waals surface area contributed by atoms with Gasteiger partial charge in [0.05, 0.1) is 16.7 Å². The molecule has 4 aromatic rings. The van der Waals surface area contributed by atoms with Crippen molar-refractivity contribution >= 4 is 34.8 Å². The van der Waals surface area contributed by atoms with E-state index in [9.17, 15) is 14.9 Å². The molecule has 5 rings (SSSR count). The van der Waals surface area contributed by atoms with Crippen LogP contribution in [0.4, 0.5) is 5.69 Å². The fraction of sp³-hybridized carbons (Fsp3) is 0.0833. The second-order valence-electron chi connectivity index (χ2n) is 7.65. The van der Waals surface area contributed by atoms with Gasteiger partial charge in [0.1, 0.15) is 5.69 Å². The van der Waals surface area contributed by atoms with Crippen LogP contribution in [-0.4, -0.2) is 25.9 Å². The van der Waals surface area contributed by atoms with Gasteiger partial charge < -0.3 is 4.90 Å². The van der Waals surface area contributed by atoms with Gasteiger partial charge in [0, 0.05) is 39.8 Å². The molecular formula is C24H16Cl2N4O3. The lowest BCUT2D eigenvalue weighted by Crippen LogP contribution is -2.29. The van der Waals surface area contributed by atoms with Gasteiger partial charge in [-0.05, 0) is 29.3 Å². The van der Waals surface area contributed by atoms with Crippen molar-refractivity contribution in [2.24, 2.45) is 0 Å². The molecule has 1 unspecified atom stereocenters. The highest BCUT2D eigenvalue weighted by Gasteiger charge is 2.42. The standard InChI is InChI=1S/C24H16Cl2N4O3/c25-17-10-8-14(9-11-17)21-20-22(28-27-21)24(31)29(13-16-4-1-2-7-19(16)26)23(20)15-5-3-6-18(12-15)30(32)33/h1-12,23H,13H2,(H,27,28). The predicted molar refractivity (Wildman–Crippen MR) is 125 cm³/mol. The lowest BCUT2D eigenvalue weighted by molar-refractivity contribution is -0.384. The first-order valence-corrected chi connectivity index (χ1v) is 10.8. The van der Waals surface area contributed by atoms with E-state index < -0.39 is 11.0 Å². The Bertz CT molecular complexity index is 1380. The molecule has 33 heavy (non-hydrogen) atoms. The Balaban J connectivity index is 1.68. The van der Waals surface area contributed by atoms with Crippen LogP contribution < -0.4 is 0 Å². The Hall–Kier alpha value is -3.68. The number of fused-ring (bicyclic) bond motifs is 1. The largest absolute Gasteiger partial charge is 0.322 e. The van der Waals surface area contributed by atoms with Gasteiger partial charge in [-0.25, -0.2) is 0 Å². The van der Waals surface area contributed by atoms with Crippen LogP contribution in [0.25, 0.3) is 11.3 Å². The monoisotopic (exact) mass is 478 g/mol. The second kappa shape index (κ2) is 8.35. The van der Waals surface area contributed by atoms with E-state index in [1.807, 2.05) is 30.3 Å². The van der Waals surface area contributed by atoms with Gasteiger partial charge in [-0.15, -0.1) is 0 Å². The van der Waals surface area contributed by atoms with Crippen LogP contribution in [0.1, 0.15) is 33.2 Å². The third-order valence-corrected chi connectivity index (χ3v) is 6.30. The number of benzene rings is 3. The molecule has 1 aliphatic rings. The number of hydrogen-bond donors (Lipinski definition) is 1. The zero-order valence-corrected chi connectivity index (χ0v) is 18.5. The van der Waals surface area contributed by atoms with E-state index in [0.29, 0.717) is 32.6 Å². The summed E-state index contributed by atoms with van der Waals surface area (Å²) in [6.45, 7) is 0.231. The van der Waals surface area contributed by atoms with Crippen molar-refractivity contribution in [2.75, 3.05) is 0 Å². The summed E-state index contributed by atoms with van der Waals surface area (Å²) >= 11 is 12.4. The normalized spacial score (nSPS) is 15.0. The first kappa shape index (κ1) is 21.2. The number of amides is 1. The Morgan fingerprint density at radius 3 is 2.52 bits per heavy atom. The van der Waals surface area contributed by atoms with Crippen molar-refractivity contribution in [3.63, 3.8) is 0 Å². The van der Waals surface area contributed by atoms with Gasteiger partial charge in [0.2, 0.25) is 0 Å². The molecule has 0 saturated carbocycles. The number of hydrogen-bond acceptors (Lipinski definition) is 4. The van der Waals surface area contributed by atoms with Gasteiger partial charge in [-0.1, -0.05) is 65.7 Å². The fourth-order valence-corrected chi connectivity index (χ4v) is 4.47. The number of nitrogens with zero attached hydrogens (tertiary/aromatic N) is 3. The van der Waals surface area contributed by atoms with Gasteiger partial charge in [0.15, 0.2) is 0 Å². The number of carbonyl (C=O) groups excluding carboxylic acids is 1. The minimum atomic E-state index is -0.590. The van der Waals surface area contributed by atoms with Crippen LogP contribution >= 0.6 is 23.2 Å². The van der Waals surface area contributed by atoms with Crippen LogP contribution in [0.3, 0.4) is 0 Å². The Labute approximate surface area is 198 Å². The summed E-state index contributed by atoms with van der Waals surface area (Å²) in [5, 5.41) is 19.8. The number of nitro benzene ring substituents is 1. The van der Waals surface area contributed by atoms with Crippen LogP contribution in [0.5, 0.6) is 0 Å². The molecule has 1 atom stereocenters. The maximum Gasteiger partial charge on any atom is 0.273 e. The average Bonchev–Trinajstić information content (AvgIpc) is 3.35. The highest BCUT2D eigenvalue weighted by atomic mass is 35.5. The van der Waals surface area contributed by atoms with E-state index in [-0.39, 0.29) is 18.1 Å². The molecule has 2 heterocycles.